The van der Waals surface area contributed by atoms with Crippen LogP contribution in [0.5, 0.6) is 5.75 Å². The number of nitrogens with zero attached hydrogens (tertiary/aromatic N) is 4. The molecule has 0 saturated carbocycles. The molecule has 22 heteroatoms. The number of methoxy groups -OCH3 is 2. The van der Waals surface area contributed by atoms with Crippen molar-refractivity contribution in [3.63, 3.8) is 0 Å². The molecule has 3 aliphatic rings. The Morgan fingerprint density at radius 2 is 1.25 bits per heavy atom. The third kappa shape index (κ3) is 10.2. The predicted octanol–water partition coefficient (Wildman–Crippen LogP) is 3.51. The molecule has 0 spiro atoms. The number of amides is 4. The molecular formula is C49H60N8O14. The molecule has 22 nitrogen and oxygen atoms in total. The third-order valence-electron chi connectivity index (χ3n) is 13.4. The van der Waals surface area contributed by atoms with Gasteiger partial charge in [0.25, 0.3) is 0 Å². The zero-order valence-electron chi connectivity index (χ0n) is 40.2. The van der Waals surface area contributed by atoms with Gasteiger partial charge < -0.3 is 74.2 Å². The molecule has 9 atom stereocenters. The largest absolute Gasteiger partial charge is 0.454 e. The van der Waals surface area contributed by atoms with E-state index >= 15 is 0 Å². The van der Waals surface area contributed by atoms with Crippen LogP contribution < -0.4 is 20.8 Å². The lowest BCUT2D eigenvalue weighted by Gasteiger charge is -2.39. The van der Waals surface area contributed by atoms with Gasteiger partial charge in [0.05, 0.1) is 62.1 Å². The van der Waals surface area contributed by atoms with Gasteiger partial charge in [-0.25, -0.2) is 19.6 Å². The van der Waals surface area contributed by atoms with E-state index in [0.717, 1.165) is 6.42 Å². The number of imidazole rings is 2. The summed E-state index contributed by atoms with van der Waals surface area (Å²) in [5, 5.41) is 47.4. The SMILES string of the molecule is COC(=O)N[C@H](C(=O)N1CCC[C@H]1c1ncc(-c2ccc(-c3oc4ccc(-c5cnc([C@@H]6CCCN6C(=O)[C@@H](NC(=O)OC)C(C)C)[nH]5)cc4c(=O)c3OC3O[C@@H](CO)[C@@H](O)[C@H](O)[C@@H]3O)cc2)[nH]1)C(C)C. The Morgan fingerprint density at radius 1 is 0.746 bits per heavy atom. The maximum Gasteiger partial charge on any atom is 0.407 e. The highest BCUT2D eigenvalue weighted by Gasteiger charge is 2.46. The van der Waals surface area contributed by atoms with Crippen LogP contribution in [-0.4, -0.2) is 151 Å². The number of carbonyl (C=O) groups is 4. The highest BCUT2D eigenvalue weighted by molar-refractivity contribution is 5.88. The molecule has 3 aromatic heterocycles. The molecule has 71 heavy (non-hydrogen) atoms. The minimum absolute atomic E-state index is 0.0550. The van der Waals surface area contributed by atoms with Gasteiger partial charge >= 0.3 is 12.2 Å². The molecule has 3 saturated heterocycles. The van der Waals surface area contributed by atoms with Crippen LogP contribution in [0, 0.1) is 11.8 Å². The molecule has 5 aromatic rings. The van der Waals surface area contributed by atoms with E-state index in [0.29, 0.717) is 72.1 Å². The fraction of sp³-hybridized carbons (Fsp3) is 0.490. The van der Waals surface area contributed by atoms with Crippen molar-refractivity contribution < 1.29 is 63.0 Å². The van der Waals surface area contributed by atoms with Crippen LogP contribution in [0.3, 0.4) is 0 Å². The van der Waals surface area contributed by atoms with Crippen LogP contribution in [0.25, 0.3) is 44.8 Å². The molecule has 3 fully saturated rings. The first-order valence-corrected chi connectivity index (χ1v) is 23.6. The lowest BCUT2D eigenvalue weighted by atomic mass is 9.99. The van der Waals surface area contributed by atoms with E-state index in [2.05, 4.69) is 30.6 Å². The molecule has 1 unspecified atom stereocenters. The molecule has 380 valence electrons. The van der Waals surface area contributed by atoms with Gasteiger partial charge in [-0.2, -0.15) is 0 Å². The second-order valence-corrected chi connectivity index (χ2v) is 18.7. The molecule has 8 N–H and O–H groups in total. The van der Waals surface area contributed by atoms with Gasteiger partial charge in [0, 0.05) is 24.2 Å². The Morgan fingerprint density at radius 3 is 1.76 bits per heavy atom. The summed E-state index contributed by atoms with van der Waals surface area (Å²) in [6.45, 7) is 7.56. The van der Waals surface area contributed by atoms with Gasteiger partial charge in [-0.3, -0.25) is 14.4 Å². The number of hydrogen-bond acceptors (Lipinski definition) is 16. The second-order valence-electron chi connectivity index (χ2n) is 18.7. The van der Waals surface area contributed by atoms with E-state index in [9.17, 15) is 44.4 Å². The van der Waals surface area contributed by atoms with E-state index < -0.39 is 78.8 Å². The Labute approximate surface area is 407 Å². The van der Waals surface area contributed by atoms with Crippen molar-refractivity contribution in [1.29, 1.82) is 0 Å². The minimum Gasteiger partial charge on any atom is -0.454 e. The van der Waals surface area contributed by atoms with E-state index in [4.69, 9.17) is 23.4 Å². The number of benzene rings is 2. The van der Waals surface area contributed by atoms with Crippen molar-refractivity contribution in [3.8, 4) is 39.6 Å². The Kier molecular flexibility index (Phi) is 15.1. The molecule has 3 aliphatic heterocycles. The number of carbonyl (C=O) groups excluding carboxylic acids is 4. The van der Waals surface area contributed by atoms with Gasteiger partial charge in [0.2, 0.25) is 29.3 Å². The van der Waals surface area contributed by atoms with E-state index in [1.165, 1.54) is 14.2 Å². The summed E-state index contributed by atoms with van der Waals surface area (Å²) in [5.74, 6) is -0.300. The monoisotopic (exact) mass is 984 g/mol. The standard InChI is InChI=1S/C49H60N8O14/c1-23(2)35(54-48(65)67-5)45(63)56-17-7-9-31(56)43-50-20-29(52-43)25-11-13-26(14-12-25)41-42(71-47-40(62)39(61)38(60)34(22-58)70-47)37(59)28-19-27(15-16-33(28)69-41)30-21-51-44(53-30)32-10-8-18-57(32)46(64)36(24(3)4)55-49(66)68-6/h11-16,19-21,23-24,31-32,34-36,38-40,47,58,60-62H,7-10,17-18,22H2,1-6H3,(H,50,52)(H,51,53)(H,54,65)(H,55,66)/t31-,32-,34-,35-,36-,38+,39-,40-,47?/m0/s1. The molecule has 0 radical (unpaired) electrons. The maximum atomic E-state index is 14.7. The number of ether oxygens (including phenoxy) is 4. The van der Waals surface area contributed by atoms with Crippen LogP contribution in [0.1, 0.15) is 77.1 Å². The highest BCUT2D eigenvalue weighted by Crippen LogP contribution is 2.38. The summed E-state index contributed by atoms with van der Waals surface area (Å²) in [6.07, 6.45) is -3.82. The summed E-state index contributed by atoms with van der Waals surface area (Å²) in [5.41, 5.74) is 2.25. The second kappa shape index (κ2) is 21.2. The Balaban J connectivity index is 1.09. The number of fused-ring (bicyclic) bond motifs is 1. The van der Waals surface area contributed by atoms with Crippen LogP contribution in [0.2, 0.25) is 0 Å². The number of aliphatic hydroxyl groups is 4. The first kappa shape index (κ1) is 50.5. The van der Waals surface area contributed by atoms with Crippen molar-refractivity contribution in [3.05, 3.63) is 76.7 Å². The van der Waals surface area contributed by atoms with Gasteiger partial charge in [-0.05, 0) is 61.3 Å². The van der Waals surface area contributed by atoms with Crippen molar-refractivity contribution >= 4 is 35.0 Å². The lowest BCUT2D eigenvalue weighted by molar-refractivity contribution is -0.277. The van der Waals surface area contributed by atoms with Crippen LogP contribution in [0.4, 0.5) is 9.59 Å². The zero-order chi connectivity index (χ0) is 50.8. The molecule has 4 amide bonds. The number of H-pyrrole nitrogens is 2. The molecule has 0 aliphatic carbocycles. The lowest BCUT2D eigenvalue weighted by Crippen LogP contribution is -2.60. The van der Waals surface area contributed by atoms with Crippen molar-refractivity contribution in [1.82, 2.24) is 40.4 Å². The Bertz CT molecular complexity index is 2790. The number of aromatic amines is 2. The van der Waals surface area contributed by atoms with E-state index in [1.807, 2.05) is 27.7 Å². The van der Waals surface area contributed by atoms with Gasteiger partial charge in [0.1, 0.15) is 53.7 Å². The number of nitrogens with one attached hydrogen (secondary N) is 4. The predicted molar refractivity (Wildman–Crippen MR) is 253 cm³/mol. The average molecular weight is 985 g/mol. The minimum atomic E-state index is -1.84. The number of rotatable bonds is 14. The molecule has 2 aromatic carbocycles. The zero-order valence-corrected chi connectivity index (χ0v) is 40.2. The fourth-order valence-corrected chi connectivity index (χ4v) is 9.42. The molecule has 0 bridgehead atoms. The van der Waals surface area contributed by atoms with Gasteiger partial charge in [-0.15, -0.1) is 0 Å². The van der Waals surface area contributed by atoms with Crippen LogP contribution in [0.15, 0.2) is 64.1 Å². The molecule has 8 rings (SSSR count). The summed E-state index contributed by atoms with van der Waals surface area (Å²) in [4.78, 5) is 85.7. The smallest absolute Gasteiger partial charge is 0.407 e. The summed E-state index contributed by atoms with van der Waals surface area (Å²) in [6, 6.07) is 9.41. The normalized spacial score (nSPS) is 23.2. The van der Waals surface area contributed by atoms with Gasteiger partial charge in [-0.1, -0.05) is 52.0 Å². The maximum absolute atomic E-state index is 14.7. The van der Waals surface area contributed by atoms with E-state index in [-0.39, 0.29) is 46.4 Å². The van der Waals surface area contributed by atoms with Crippen molar-refractivity contribution in [2.24, 2.45) is 11.8 Å². The van der Waals surface area contributed by atoms with Gasteiger partial charge in [0.15, 0.2) is 5.76 Å². The summed E-state index contributed by atoms with van der Waals surface area (Å²) >= 11 is 0. The first-order chi connectivity index (χ1) is 34.0. The summed E-state index contributed by atoms with van der Waals surface area (Å²) < 4.78 is 27.7. The quantitative estimate of drug-likeness (QED) is 0.0790. The number of likely N-dealkylation sites (tertiary alicyclic amines) is 2. The highest BCUT2D eigenvalue weighted by atomic mass is 16.7. The van der Waals surface area contributed by atoms with Crippen molar-refractivity contribution in [2.45, 2.75) is 108 Å². The first-order valence-electron chi connectivity index (χ1n) is 23.6. The number of aromatic nitrogens is 4. The molecule has 6 heterocycles. The third-order valence-corrected chi connectivity index (χ3v) is 13.4. The number of hydrogen-bond donors (Lipinski definition) is 8. The van der Waals surface area contributed by atoms with Crippen LogP contribution in [-0.2, 0) is 23.8 Å². The molecular weight excluding hydrogens is 925 g/mol. The summed E-state index contributed by atoms with van der Waals surface area (Å²) in [7, 11) is 2.48. The number of aliphatic hydroxyl groups excluding tert-OH is 4. The topological polar surface area (TPSA) is 304 Å². The average Bonchev–Trinajstić information content (AvgIpc) is 4.23. The number of alkyl carbamates (subject to hydrolysis) is 2. The van der Waals surface area contributed by atoms with Crippen LogP contribution >= 0.6 is 0 Å². The van der Waals surface area contributed by atoms with E-state index in [1.54, 1.807) is 64.7 Å². The fourth-order valence-electron chi connectivity index (χ4n) is 9.42. The van der Waals surface area contributed by atoms with Crippen molar-refractivity contribution in [2.75, 3.05) is 33.9 Å². The Hall–Kier alpha value is -6.85.